The second-order valence-corrected chi connectivity index (χ2v) is 7.59. The molecule has 1 fully saturated rings. The monoisotopic (exact) mass is 408 g/mol. The van der Waals surface area contributed by atoms with Crippen molar-refractivity contribution in [2.24, 2.45) is 19.1 Å². The summed E-state index contributed by atoms with van der Waals surface area (Å²) in [5.74, 6) is 0.590. The Kier molecular flexibility index (Phi) is 5.02. The number of aliphatic imine (C=N–C) groups is 1. The van der Waals surface area contributed by atoms with Gasteiger partial charge < -0.3 is 10.1 Å². The summed E-state index contributed by atoms with van der Waals surface area (Å²) in [6.45, 7) is 2.54. The summed E-state index contributed by atoms with van der Waals surface area (Å²) in [6.07, 6.45) is 1.80. The van der Waals surface area contributed by atoms with Gasteiger partial charge in [-0.2, -0.15) is 0 Å². The van der Waals surface area contributed by atoms with Gasteiger partial charge in [-0.1, -0.05) is 6.07 Å². The van der Waals surface area contributed by atoms with E-state index >= 15 is 0 Å². The molecule has 4 rings (SSSR count). The van der Waals surface area contributed by atoms with Gasteiger partial charge in [0.2, 0.25) is 0 Å². The van der Waals surface area contributed by atoms with Crippen LogP contribution < -0.4 is 15.7 Å². The second kappa shape index (κ2) is 7.63. The number of hydrogen-bond donors (Lipinski definition) is 1. The number of ether oxygens (including phenoxy) is 1. The number of aryl methyl sites for hydroxylation is 2. The third kappa shape index (κ3) is 3.71. The molecule has 0 aliphatic carbocycles. The van der Waals surface area contributed by atoms with Crippen molar-refractivity contribution in [3.63, 3.8) is 0 Å². The summed E-state index contributed by atoms with van der Waals surface area (Å²) in [5, 5.41) is 3.32. The lowest BCUT2D eigenvalue weighted by molar-refractivity contribution is -0.115. The Morgan fingerprint density at radius 1 is 1.07 bits per heavy atom. The molecule has 0 saturated carbocycles. The SMILES string of the molecule is CCOc1ccc(N=C2NC(=O)C(=Cc3ccc4c(c3)n(C)c(=O)n4C)S2)cc1. The Morgan fingerprint density at radius 3 is 2.52 bits per heavy atom. The molecule has 1 aliphatic rings. The molecule has 1 saturated heterocycles. The van der Waals surface area contributed by atoms with Gasteiger partial charge in [0.05, 0.1) is 28.2 Å². The highest BCUT2D eigenvalue weighted by Gasteiger charge is 2.24. The van der Waals surface area contributed by atoms with Crippen molar-refractivity contribution >= 4 is 45.6 Å². The van der Waals surface area contributed by atoms with Crippen LogP contribution in [0.2, 0.25) is 0 Å². The summed E-state index contributed by atoms with van der Waals surface area (Å²) in [4.78, 5) is 29.5. The van der Waals surface area contributed by atoms with Crippen LogP contribution in [-0.4, -0.2) is 26.8 Å². The smallest absolute Gasteiger partial charge is 0.328 e. The van der Waals surface area contributed by atoms with Crippen molar-refractivity contribution in [2.45, 2.75) is 6.92 Å². The molecule has 29 heavy (non-hydrogen) atoms. The van der Waals surface area contributed by atoms with Gasteiger partial charge in [-0.3, -0.25) is 13.9 Å². The quantitative estimate of drug-likeness (QED) is 0.673. The molecule has 2 heterocycles. The average Bonchev–Trinajstić information content (AvgIpc) is 3.16. The van der Waals surface area contributed by atoms with Gasteiger partial charge in [-0.05, 0) is 66.7 Å². The topological polar surface area (TPSA) is 77.6 Å². The molecule has 1 amide bonds. The molecule has 1 aliphatic heterocycles. The first-order valence-corrected chi connectivity index (χ1v) is 9.96. The van der Waals surface area contributed by atoms with E-state index in [0.29, 0.717) is 16.7 Å². The van der Waals surface area contributed by atoms with Crippen molar-refractivity contribution in [3.05, 3.63) is 63.4 Å². The van der Waals surface area contributed by atoms with E-state index < -0.39 is 0 Å². The van der Waals surface area contributed by atoms with Gasteiger partial charge in [0.1, 0.15) is 5.75 Å². The third-order valence-corrected chi connectivity index (χ3v) is 5.53. The van der Waals surface area contributed by atoms with Crippen LogP contribution in [0.3, 0.4) is 0 Å². The average molecular weight is 408 g/mol. The number of aromatic nitrogens is 2. The zero-order valence-electron chi connectivity index (χ0n) is 16.3. The van der Waals surface area contributed by atoms with Gasteiger partial charge in [-0.15, -0.1) is 0 Å². The number of rotatable bonds is 4. The number of fused-ring (bicyclic) bond motifs is 1. The first kappa shape index (κ1) is 19.1. The number of nitrogens with zero attached hydrogens (tertiary/aromatic N) is 3. The lowest BCUT2D eigenvalue weighted by atomic mass is 10.2. The van der Waals surface area contributed by atoms with Gasteiger partial charge >= 0.3 is 5.69 Å². The van der Waals surface area contributed by atoms with Gasteiger partial charge in [0, 0.05) is 14.1 Å². The number of imidazole rings is 1. The zero-order chi connectivity index (χ0) is 20.5. The van der Waals surface area contributed by atoms with E-state index in [9.17, 15) is 9.59 Å². The number of carbonyl (C=O) groups is 1. The van der Waals surface area contributed by atoms with Crippen LogP contribution in [0.25, 0.3) is 17.1 Å². The van der Waals surface area contributed by atoms with Crippen LogP contribution in [0.5, 0.6) is 5.75 Å². The highest BCUT2D eigenvalue weighted by atomic mass is 32.2. The van der Waals surface area contributed by atoms with Gasteiger partial charge in [0.25, 0.3) is 5.91 Å². The lowest BCUT2D eigenvalue weighted by Crippen LogP contribution is -2.19. The summed E-state index contributed by atoms with van der Waals surface area (Å²) in [7, 11) is 3.48. The number of carbonyl (C=O) groups excluding carboxylic acids is 1. The molecule has 0 spiro atoms. The van der Waals surface area contributed by atoms with Crippen molar-refractivity contribution in [1.29, 1.82) is 0 Å². The second-order valence-electron chi connectivity index (χ2n) is 6.56. The van der Waals surface area contributed by atoms with E-state index in [-0.39, 0.29) is 11.6 Å². The minimum atomic E-state index is -0.193. The number of thioether (sulfide) groups is 1. The Bertz CT molecular complexity index is 1220. The molecule has 7 nitrogen and oxygen atoms in total. The van der Waals surface area contributed by atoms with Crippen LogP contribution >= 0.6 is 11.8 Å². The van der Waals surface area contributed by atoms with Crippen LogP contribution in [-0.2, 0) is 18.9 Å². The highest BCUT2D eigenvalue weighted by molar-refractivity contribution is 8.18. The van der Waals surface area contributed by atoms with E-state index in [1.54, 1.807) is 29.3 Å². The van der Waals surface area contributed by atoms with E-state index in [2.05, 4.69) is 10.3 Å². The van der Waals surface area contributed by atoms with E-state index in [0.717, 1.165) is 28.0 Å². The lowest BCUT2D eigenvalue weighted by Gasteiger charge is -2.02. The van der Waals surface area contributed by atoms with E-state index in [1.807, 2.05) is 49.4 Å². The minimum absolute atomic E-state index is 0.0810. The Labute approximate surface area is 171 Å². The maximum absolute atomic E-state index is 12.3. The number of hydrogen-bond acceptors (Lipinski definition) is 5. The minimum Gasteiger partial charge on any atom is -0.494 e. The predicted molar refractivity (Wildman–Crippen MR) is 117 cm³/mol. The summed E-state index contributed by atoms with van der Waals surface area (Å²) >= 11 is 1.29. The summed E-state index contributed by atoms with van der Waals surface area (Å²) in [5.41, 5.74) is 3.17. The van der Waals surface area contributed by atoms with Crippen molar-refractivity contribution in [1.82, 2.24) is 14.5 Å². The van der Waals surface area contributed by atoms with Crippen LogP contribution in [0.4, 0.5) is 5.69 Å². The van der Waals surface area contributed by atoms with E-state index in [4.69, 9.17) is 4.74 Å². The molecule has 0 radical (unpaired) electrons. The summed E-state index contributed by atoms with van der Waals surface area (Å²) < 4.78 is 8.62. The molecule has 0 unspecified atom stereocenters. The molecule has 3 aromatic rings. The fourth-order valence-electron chi connectivity index (χ4n) is 3.15. The molecular formula is C21H20N4O3S. The maximum Gasteiger partial charge on any atom is 0.328 e. The molecule has 8 heteroatoms. The normalized spacial score (nSPS) is 16.7. The molecule has 0 bridgehead atoms. The third-order valence-electron chi connectivity index (χ3n) is 4.62. The first-order valence-electron chi connectivity index (χ1n) is 9.14. The number of amides is 1. The number of nitrogens with one attached hydrogen (secondary N) is 1. The summed E-state index contributed by atoms with van der Waals surface area (Å²) in [6, 6.07) is 13.1. The van der Waals surface area contributed by atoms with Crippen molar-refractivity contribution in [2.75, 3.05) is 6.61 Å². The maximum atomic E-state index is 12.3. The first-order chi connectivity index (χ1) is 14.0. The van der Waals surface area contributed by atoms with Crippen molar-refractivity contribution in [3.8, 4) is 5.75 Å². The molecule has 1 N–H and O–H groups in total. The number of benzene rings is 2. The molecule has 148 valence electrons. The molecular weight excluding hydrogens is 388 g/mol. The molecule has 2 aromatic carbocycles. The van der Waals surface area contributed by atoms with Crippen LogP contribution in [0, 0.1) is 0 Å². The Balaban J connectivity index is 1.59. The molecule has 0 atom stereocenters. The van der Waals surface area contributed by atoms with Gasteiger partial charge in [-0.25, -0.2) is 9.79 Å². The number of amidine groups is 1. The Hall–Kier alpha value is -3.26. The molecule has 1 aromatic heterocycles. The zero-order valence-corrected chi connectivity index (χ0v) is 17.1. The van der Waals surface area contributed by atoms with Crippen LogP contribution in [0.1, 0.15) is 12.5 Å². The Morgan fingerprint density at radius 2 is 1.79 bits per heavy atom. The van der Waals surface area contributed by atoms with Crippen LogP contribution in [0.15, 0.2) is 57.2 Å². The standard InChI is InChI=1S/C21H20N4O3S/c1-4-28-15-8-6-14(7-9-15)22-20-23-19(26)18(29-20)12-13-5-10-16-17(11-13)25(3)21(27)24(16)2/h5-12H,4H2,1-3H3,(H,22,23,26). The van der Waals surface area contributed by atoms with E-state index in [1.165, 1.54) is 11.8 Å². The van der Waals surface area contributed by atoms with Gasteiger partial charge in [0.15, 0.2) is 5.17 Å². The predicted octanol–water partition coefficient (Wildman–Crippen LogP) is 3.17. The highest BCUT2D eigenvalue weighted by Crippen LogP contribution is 2.29. The van der Waals surface area contributed by atoms with Crippen molar-refractivity contribution < 1.29 is 9.53 Å². The fourth-order valence-corrected chi connectivity index (χ4v) is 3.99. The largest absolute Gasteiger partial charge is 0.494 e. The fraction of sp³-hybridized carbons (Fsp3) is 0.190.